The van der Waals surface area contributed by atoms with Crippen molar-refractivity contribution in [2.24, 2.45) is 0 Å². The van der Waals surface area contributed by atoms with Gasteiger partial charge in [-0.05, 0) is 28.1 Å². The van der Waals surface area contributed by atoms with Crippen LogP contribution in [0.4, 0.5) is 0 Å². The van der Waals surface area contributed by atoms with Crippen molar-refractivity contribution in [3.05, 3.63) is 28.5 Å². The second-order valence-electron chi connectivity index (χ2n) is 2.22. The van der Waals surface area contributed by atoms with Crippen LogP contribution in [0.15, 0.2) is 22.8 Å². The van der Waals surface area contributed by atoms with Gasteiger partial charge in [-0.15, -0.1) is 0 Å². The van der Waals surface area contributed by atoms with Crippen molar-refractivity contribution in [1.29, 1.82) is 0 Å². The number of aromatic nitrogens is 1. The minimum atomic E-state index is 0.271. The molecule has 1 unspecified atom stereocenters. The van der Waals surface area contributed by atoms with Gasteiger partial charge in [-0.3, -0.25) is 4.98 Å². The molecule has 0 N–H and O–H groups in total. The van der Waals surface area contributed by atoms with Gasteiger partial charge >= 0.3 is 0 Å². The van der Waals surface area contributed by atoms with E-state index in [0.29, 0.717) is 0 Å². The maximum Gasteiger partial charge on any atom is 0.123 e. The van der Waals surface area contributed by atoms with E-state index in [1.807, 2.05) is 12.1 Å². The van der Waals surface area contributed by atoms with Crippen molar-refractivity contribution in [3.63, 3.8) is 0 Å². The van der Waals surface area contributed by atoms with Gasteiger partial charge in [-0.1, -0.05) is 0 Å². The number of hydrogen-bond acceptors (Lipinski definition) is 2. The Hall–Kier alpha value is -0.410. The average molecular weight is 200 g/mol. The molecule has 2 nitrogen and oxygen atoms in total. The molecule has 52 valence electrons. The molecule has 0 saturated carbocycles. The number of pyridine rings is 1. The lowest BCUT2D eigenvalue weighted by molar-refractivity contribution is 0.411. The Kier molecular flexibility index (Phi) is 1.47. The Morgan fingerprint density at radius 1 is 1.60 bits per heavy atom. The van der Waals surface area contributed by atoms with E-state index in [-0.39, 0.29) is 6.10 Å². The molecule has 0 spiro atoms. The normalized spacial score (nSPS) is 22.7. The lowest BCUT2D eigenvalue weighted by Crippen LogP contribution is -1.84. The third kappa shape index (κ3) is 1.20. The summed E-state index contributed by atoms with van der Waals surface area (Å²) in [5.41, 5.74) is 1.03. The third-order valence-corrected chi connectivity index (χ3v) is 1.88. The molecule has 0 bridgehead atoms. The Labute approximate surface area is 67.4 Å². The van der Waals surface area contributed by atoms with E-state index in [4.69, 9.17) is 4.74 Å². The number of halogens is 1. The van der Waals surface area contributed by atoms with Crippen LogP contribution in [0.1, 0.15) is 11.8 Å². The molecule has 0 amide bonds. The summed E-state index contributed by atoms with van der Waals surface area (Å²) >= 11 is 3.31. The highest BCUT2D eigenvalue weighted by atomic mass is 79.9. The summed E-state index contributed by atoms with van der Waals surface area (Å²) in [5.74, 6) is 0. The van der Waals surface area contributed by atoms with Crippen LogP contribution in [0.5, 0.6) is 0 Å². The smallest absolute Gasteiger partial charge is 0.123 e. The minimum Gasteiger partial charge on any atom is -0.366 e. The Morgan fingerprint density at radius 3 is 2.90 bits per heavy atom. The zero-order valence-electron chi connectivity index (χ0n) is 5.25. The fourth-order valence-corrected chi connectivity index (χ4v) is 1.03. The van der Waals surface area contributed by atoms with Crippen molar-refractivity contribution in [1.82, 2.24) is 4.98 Å². The summed E-state index contributed by atoms with van der Waals surface area (Å²) in [6.45, 7) is 0.828. The first kappa shape index (κ1) is 6.31. The second kappa shape index (κ2) is 2.32. The van der Waals surface area contributed by atoms with E-state index in [0.717, 1.165) is 16.8 Å². The van der Waals surface area contributed by atoms with Crippen LogP contribution in [0.2, 0.25) is 0 Å². The van der Waals surface area contributed by atoms with E-state index in [2.05, 4.69) is 20.9 Å². The molecule has 1 aliphatic heterocycles. The standard InChI is InChI=1S/C7H6BrNO/c8-5-1-2-6(9-3-5)7-4-10-7/h1-3,7H,4H2. The largest absolute Gasteiger partial charge is 0.366 e. The predicted octanol–water partition coefficient (Wildman–Crippen LogP) is 1.92. The van der Waals surface area contributed by atoms with Gasteiger partial charge in [0.1, 0.15) is 6.10 Å². The summed E-state index contributed by atoms with van der Waals surface area (Å²) in [6, 6.07) is 3.95. The highest BCUT2D eigenvalue weighted by Gasteiger charge is 2.25. The molecule has 3 heteroatoms. The van der Waals surface area contributed by atoms with E-state index in [1.54, 1.807) is 6.20 Å². The maximum atomic E-state index is 5.06. The van der Waals surface area contributed by atoms with Crippen LogP contribution in [0, 0.1) is 0 Å². The monoisotopic (exact) mass is 199 g/mol. The van der Waals surface area contributed by atoms with Crippen molar-refractivity contribution in [2.75, 3.05) is 6.61 Å². The van der Waals surface area contributed by atoms with Crippen molar-refractivity contribution in [3.8, 4) is 0 Å². The molecular weight excluding hydrogens is 194 g/mol. The summed E-state index contributed by atoms with van der Waals surface area (Å²) in [7, 11) is 0. The summed E-state index contributed by atoms with van der Waals surface area (Å²) < 4.78 is 6.07. The van der Waals surface area contributed by atoms with Crippen LogP contribution >= 0.6 is 15.9 Å². The fourth-order valence-electron chi connectivity index (χ4n) is 0.797. The van der Waals surface area contributed by atoms with Crippen LogP contribution < -0.4 is 0 Å². The zero-order chi connectivity index (χ0) is 6.97. The summed E-state index contributed by atoms with van der Waals surface area (Å²) in [4.78, 5) is 4.17. The van der Waals surface area contributed by atoms with Gasteiger partial charge in [0.25, 0.3) is 0 Å². The number of nitrogens with zero attached hydrogens (tertiary/aromatic N) is 1. The number of ether oxygens (including phenoxy) is 1. The number of epoxide rings is 1. The Bertz CT molecular complexity index is 230. The topological polar surface area (TPSA) is 25.4 Å². The van der Waals surface area contributed by atoms with Crippen LogP contribution in [-0.4, -0.2) is 11.6 Å². The molecule has 2 heterocycles. The van der Waals surface area contributed by atoms with Gasteiger partial charge in [-0.2, -0.15) is 0 Å². The van der Waals surface area contributed by atoms with Gasteiger partial charge in [0.2, 0.25) is 0 Å². The molecule has 1 aromatic heterocycles. The second-order valence-corrected chi connectivity index (χ2v) is 3.14. The Balaban J connectivity index is 2.28. The minimum absolute atomic E-state index is 0.271. The van der Waals surface area contributed by atoms with Crippen LogP contribution in [0.25, 0.3) is 0 Å². The average Bonchev–Trinajstić information content (AvgIpc) is 2.71. The van der Waals surface area contributed by atoms with Crippen LogP contribution in [-0.2, 0) is 4.74 Å². The van der Waals surface area contributed by atoms with E-state index >= 15 is 0 Å². The lowest BCUT2D eigenvalue weighted by atomic mass is 10.3. The van der Waals surface area contributed by atoms with Gasteiger partial charge in [0, 0.05) is 10.7 Å². The highest BCUT2D eigenvalue weighted by molar-refractivity contribution is 9.10. The van der Waals surface area contributed by atoms with Gasteiger partial charge in [-0.25, -0.2) is 0 Å². The first-order valence-corrected chi connectivity index (χ1v) is 3.88. The maximum absolute atomic E-state index is 5.06. The molecule has 1 fully saturated rings. The van der Waals surface area contributed by atoms with Crippen molar-refractivity contribution >= 4 is 15.9 Å². The fraction of sp³-hybridized carbons (Fsp3) is 0.286. The summed E-state index contributed by atoms with van der Waals surface area (Å²) in [5, 5.41) is 0. The molecule has 1 aliphatic rings. The van der Waals surface area contributed by atoms with Gasteiger partial charge < -0.3 is 4.74 Å². The molecule has 1 atom stereocenters. The SMILES string of the molecule is Brc1ccc(C2CO2)nc1. The van der Waals surface area contributed by atoms with E-state index in [9.17, 15) is 0 Å². The number of rotatable bonds is 1. The molecule has 1 saturated heterocycles. The first-order valence-electron chi connectivity index (χ1n) is 3.09. The van der Waals surface area contributed by atoms with Crippen molar-refractivity contribution < 1.29 is 4.74 Å². The molecule has 0 radical (unpaired) electrons. The number of hydrogen-bond donors (Lipinski definition) is 0. The first-order chi connectivity index (χ1) is 4.86. The van der Waals surface area contributed by atoms with Crippen LogP contribution in [0.3, 0.4) is 0 Å². The molecule has 1 aromatic rings. The van der Waals surface area contributed by atoms with E-state index < -0.39 is 0 Å². The molecule has 0 aromatic carbocycles. The zero-order valence-corrected chi connectivity index (χ0v) is 6.84. The molecular formula is C7H6BrNO. The third-order valence-electron chi connectivity index (χ3n) is 1.41. The predicted molar refractivity (Wildman–Crippen MR) is 40.6 cm³/mol. The molecule has 10 heavy (non-hydrogen) atoms. The van der Waals surface area contributed by atoms with Gasteiger partial charge in [0.15, 0.2) is 0 Å². The summed E-state index contributed by atoms with van der Waals surface area (Å²) in [6.07, 6.45) is 2.06. The van der Waals surface area contributed by atoms with E-state index in [1.165, 1.54) is 0 Å². The Morgan fingerprint density at radius 2 is 2.40 bits per heavy atom. The van der Waals surface area contributed by atoms with Crippen molar-refractivity contribution in [2.45, 2.75) is 6.10 Å². The molecule has 0 aliphatic carbocycles. The van der Waals surface area contributed by atoms with Gasteiger partial charge in [0.05, 0.1) is 12.3 Å². The molecule has 2 rings (SSSR count). The lowest BCUT2D eigenvalue weighted by Gasteiger charge is -1.92. The highest BCUT2D eigenvalue weighted by Crippen LogP contribution is 2.28. The quantitative estimate of drug-likeness (QED) is 0.647.